The van der Waals surface area contributed by atoms with Crippen LogP contribution in [0.2, 0.25) is 0 Å². The third kappa shape index (κ3) is 3.82. The predicted molar refractivity (Wildman–Crippen MR) is 88.3 cm³/mol. The van der Waals surface area contributed by atoms with Gasteiger partial charge in [0.25, 0.3) is 0 Å². The highest BCUT2D eigenvalue weighted by Crippen LogP contribution is 2.23. The lowest BCUT2D eigenvalue weighted by Crippen LogP contribution is -2.57. The fourth-order valence-electron chi connectivity index (χ4n) is 3.26. The molecule has 1 aromatic rings. The second kappa shape index (κ2) is 7.13. The van der Waals surface area contributed by atoms with E-state index in [4.69, 9.17) is 5.73 Å². The standard InChI is InChI=1S/C18H22FN3O2/c19-14-7-5-12(6-8-14)9-16-18(24)22(11-17(23)21-16)10-13-3-1-2-4-15(13)20/h5-8,10,15-16H,1-4,9,11,20H2,(H,21,23)/b13-10-/t15-,16+/m1/s1. The summed E-state index contributed by atoms with van der Waals surface area (Å²) in [6.07, 6.45) is 6.06. The molecule has 2 aliphatic rings. The number of carbonyl (C=O) groups excluding carboxylic acids is 2. The molecule has 6 heteroatoms. The first-order chi connectivity index (χ1) is 11.5. The number of amides is 2. The van der Waals surface area contributed by atoms with Crippen LogP contribution in [0.15, 0.2) is 36.0 Å². The number of nitrogens with two attached hydrogens (primary N) is 1. The van der Waals surface area contributed by atoms with Crippen molar-refractivity contribution < 1.29 is 14.0 Å². The maximum Gasteiger partial charge on any atom is 0.249 e. The van der Waals surface area contributed by atoms with E-state index < -0.39 is 6.04 Å². The van der Waals surface area contributed by atoms with Crippen LogP contribution in [-0.4, -0.2) is 35.3 Å². The monoisotopic (exact) mass is 331 g/mol. The van der Waals surface area contributed by atoms with Crippen molar-refractivity contribution in [3.8, 4) is 0 Å². The summed E-state index contributed by atoms with van der Waals surface area (Å²) in [7, 11) is 0. The Hall–Kier alpha value is -2.21. The third-order valence-corrected chi connectivity index (χ3v) is 4.61. The molecule has 0 aromatic heterocycles. The number of piperazine rings is 1. The Kier molecular flexibility index (Phi) is 4.94. The smallest absolute Gasteiger partial charge is 0.249 e. The zero-order valence-corrected chi connectivity index (χ0v) is 13.5. The molecule has 24 heavy (non-hydrogen) atoms. The molecule has 1 aliphatic heterocycles. The lowest BCUT2D eigenvalue weighted by atomic mass is 9.91. The zero-order chi connectivity index (χ0) is 17.1. The van der Waals surface area contributed by atoms with Crippen molar-refractivity contribution in [2.75, 3.05) is 6.54 Å². The number of hydrogen-bond acceptors (Lipinski definition) is 3. The van der Waals surface area contributed by atoms with E-state index in [1.54, 1.807) is 18.3 Å². The Morgan fingerprint density at radius 3 is 2.71 bits per heavy atom. The van der Waals surface area contributed by atoms with Crippen molar-refractivity contribution in [2.45, 2.75) is 44.2 Å². The van der Waals surface area contributed by atoms with E-state index in [2.05, 4.69) is 5.32 Å². The first kappa shape index (κ1) is 16.6. The van der Waals surface area contributed by atoms with E-state index in [-0.39, 0.29) is 30.2 Å². The molecule has 2 atom stereocenters. The van der Waals surface area contributed by atoms with Gasteiger partial charge in [-0.1, -0.05) is 18.6 Å². The van der Waals surface area contributed by atoms with Crippen LogP contribution >= 0.6 is 0 Å². The molecule has 0 bridgehead atoms. The van der Waals surface area contributed by atoms with Crippen LogP contribution in [0.25, 0.3) is 0 Å². The molecule has 1 heterocycles. The Morgan fingerprint density at radius 1 is 1.25 bits per heavy atom. The van der Waals surface area contributed by atoms with Gasteiger partial charge in [-0.15, -0.1) is 0 Å². The number of halogens is 1. The molecule has 3 rings (SSSR count). The predicted octanol–water partition coefficient (Wildman–Crippen LogP) is 1.48. The molecular formula is C18H22FN3O2. The van der Waals surface area contributed by atoms with E-state index in [9.17, 15) is 14.0 Å². The van der Waals surface area contributed by atoms with Gasteiger partial charge in [0.1, 0.15) is 18.4 Å². The first-order valence-electron chi connectivity index (χ1n) is 8.33. The molecule has 0 spiro atoms. The lowest BCUT2D eigenvalue weighted by Gasteiger charge is -2.32. The van der Waals surface area contributed by atoms with E-state index >= 15 is 0 Å². The number of nitrogens with zero attached hydrogens (tertiary/aromatic N) is 1. The van der Waals surface area contributed by atoms with Gasteiger partial charge in [-0.05, 0) is 42.5 Å². The van der Waals surface area contributed by atoms with Crippen molar-refractivity contribution >= 4 is 11.8 Å². The molecule has 5 nitrogen and oxygen atoms in total. The zero-order valence-electron chi connectivity index (χ0n) is 13.5. The van der Waals surface area contributed by atoms with Crippen LogP contribution in [0.4, 0.5) is 4.39 Å². The van der Waals surface area contributed by atoms with Crippen LogP contribution in [0.5, 0.6) is 0 Å². The molecule has 1 saturated heterocycles. The van der Waals surface area contributed by atoms with Crippen molar-refractivity contribution in [3.05, 3.63) is 47.4 Å². The highest BCUT2D eigenvalue weighted by atomic mass is 19.1. The van der Waals surface area contributed by atoms with Gasteiger partial charge in [0.05, 0.1) is 0 Å². The summed E-state index contributed by atoms with van der Waals surface area (Å²) in [5.41, 5.74) is 7.94. The average molecular weight is 331 g/mol. The van der Waals surface area contributed by atoms with E-state index in [1.165, 1.54) is 17.0 Å². The van der Waals surface area contributed by atoms with Crippen molar-refractivity contribution in [1.29, 1.82) is 0 Å². The van der Waals surface area contributed by atoms with Gasteiger partial charge in [0.2, 0.25) is 11.8 Å². The summed E-state index contributed by atoms with van der Waals surface area (Å²) < 4.78 is 13.0. The Bertz CT molecular complexity index is 657. The third-order valence-electron chi connectivity index (χ3n) is 4.61. The van der Waals surface area contributed by atoms with Gasteiger partial charge in [-0.25, -0.2) is 4.39 Å². The number of benzene rings is 1. The second-order valence-electron chi connectivity index (χ2n) is 6.47. The van der Waals surface area contributed by atoms with Crippen LogP contribution in [-0.2, 0) is 16.0 Å². The molecule has 0 radical (unpaired) electrons. The molecule has 2 amide bonds. The Morgan fingerprint density at radius 2 is 2.00 bits per heavy atom. The highest BCUT2D eigenvalue weighted by Gasteiger charge is 2.32. The van der Waals surface area contributed by atoms with Crippen molar-refractivity contribution in [2.24, 2.45) is 5.73 Å². The summed E-state index contributed by atoms with van der Waals surface area (Å²) in [4.78, 5) is 26.1. The number of rotatable bonds is 3. The quantitative estimate of drug-likeness (QED) is 0.881. The minimum Gasteiger partial charge on any atom is -0.342 e. The minimum atomic E-state index is -0.631. The van der Waals surface area contributed by atoms with Crippen LogP contribution < -0.4 is 11.1 Å². The van der Waals surface area contributed by atoms with Crippen molar-refractivity contribution in [1.82, 2.24) is 10.2 Å². The number of carbonyl (C=O) groups is 2. The molecule has 1 aromatic carbocycles. The van der Waals surface area contributed by atoms with E-state index in [1.807, 2.05) is 0 Å². The van der Waals surface area contributed by atoms with E-state index in [0.717, 1.165) is 36.8 Å². The maximum atomic E-state index is 13.0. The molecule has 3 N–H and O–H groups in total. The number of hydrogen-bond donors (Lipinski definition) is 2. The van der Waals surface area contributed by atoms with Crippen LogP contribution in [0, 0.1) is 5.82 Å². The normalized spacial score (nSPS) is 26.6. The molecule has 128 valence electrons. The lowest BCUT2D eigenvalue weighted by molar-refractivity contribution is -0.141. The Labute approximate surface area is 140 Å². The Balaban J connectivity index is 1.74. The molecule has 2 fully saturated rings. The summed E-state index contributed by atoms with van der Waals surface area (Å²) in [6, 6.07) is 5.30. The molecular weight excluding hydrogens is 309 g/mol. The fourth-order valence-corrected chi connectivity index (χ4v) is 3.26. The second-order valence-corrected chi connectivity index (χ2v) is 6.47. The largest absolute Gasteiger partial charge is 0.342 e. The molecule has 1 saturated carbocycles. The number of nitrogens with one attached hydrogen (secondary N) is 1. The topological polar surface area (TPSA) is 75.4 Å². The molecule has 0 unspecified atom stereocenters. The van der Waals surface area contributed by atoms with Gasteiger partial charge < -0.3 is 16.0 Å². The van der Waals surface area contributed by atoms with Gasteiger partial charge in [-0.2, -0.15) is 0 Å². The summed E-state index contributed by atoms with van der Waals surface area (Å²) >= 11 is 0. The highest BCUT2D eigenvalue weighted by molar-refractivity contribution is 5.95. The van der Waals surface area contributed by atoms with Gasteiger partial charge in [-0.3, -0.25) is 9.59 Å². The fraction of sp³-hybridized carbons (Fsp3) is 0.444. The van der Waals surface area contributed by atoms with Crippen molar-refractivity contribution in [3.63, 3.8) is 0 Å². The summed E-state index contributed by atoms with van der Waals surface area (Å²) in [5.74, 6) is -0.664. The van der Waals surface area contributed by atoms with Crippen LogP contribution in [0.3, 0.4) is 0 Å². The SMILES string of the molecule is N[C@@H]1CCCC/C1=C/N1CC(=O)N[C@@H](Cc2ccc(F)cc2)C1=O. The van der Waals surface area contributed by atoms with E-state index in [0.29, 0.717) is 6.42 Å². The molecule has 1 aliphatic carbocycles. The van der Waals surface area contributed by atoms with Gasteiger partial charge in [0.15, 0.2) is 0 Å². The summed E-state index contributed by atoms with van der Waals surface area (Å²) in [5, 5.41) is 2.72. The first-order valence-corrected chi connectivity index (χ1v) is 8.33. The minimum absolute atomic E-state index is 0.0228. The summed E-state index contributed by atoms with van der Waals surface area (Å²) in [6.45, 7) is 0.0228. The maximum absolute atomic E-state index is 13.0. The van der Waals surface area contributed by atoms with Gasteiger partial charge >= 0.3 is 0 Å². The van der Waals surface area contributed by atoms with Gasteiger partial charge in [0, 0.05) is 18.7 Å². The van der Waals surface area contributed by atoms with Crippen LogP contribution in [0.1, 0.15) is 31.2 Å². The average Bonchev–Trinajstić information content (AvgIpc) is 2.56.